The topological polar surface area (TPSA) is 70.6 Å². The van der Waals surface area contributed by atoms with Crippen LogP contribution in [0.5, 0.6) is 0 Å². The fourth-order valence-corrected chi connectivity index (χ4v) is 10.0. The molecule has 1 saturated heterocycles. The number of fused-ring (bicyclic) bond motifs is 3. The predicted molar refractivity (Wildman–Crippen MR) is 201 cm³/mol. The zero-order valence-corrected chi connectivity index (χ0v) is 30.0. The van der Waals surface area contributed by atoms with Crippen molar-refractivity contribution in [1.82, 2.24) is 14.9 Å². The van der Waals surface area contributed by atoms with Crippen LogP contribution in [-0.2, 0) is 23.0 Å². The molecule has 5 aliphatic rings. The molecule has 9 rings (SSSR count). The average Bonchev–Trinajstić information content (AvgIpc) is 3.96. The highest BCUT2D eigenvalue weighted by molar-refractivity contribution is 6.00. The first-order chi connectivity index (χ1) is 24.2. The maximum Gasteiger partial charge on any atom is 0.410 e. The smallest absolute Gasteiger partial charge is 0.410 e. The Balaban J connectivity index is 1.01. The fraction of sp³-hybridized carbons (Fsp3) is 0.477. The van der Waals surface area contributed by atoms with Gasteiger partial charge in [0.15, 0.2) is 0 Å². The van der Waals surface area contributed by atoms with E-state index in [0.29, 0.717) is 5.92 Å². The molecule has 1 N–H and O–H groups in total. The number of amides is 1. The Morgan fingerprint density at radius 1 is 0.860 bits per heavy atom. The van der Waals surface area contributed by atoms with Crippen LogP contribution < -0.4 is 0 Å². The molecule has 2 saturated carbocycles. The molecule has 6 nitrogen and oxygen atoms in total. The summed E-state index contributed by atoms with van der Waals surface area (Å²) in [4.78, 5) is 28.5. The number of nitrogens with zero attached hydrogens (tertiary/aromatic N) is 3. The van der Waals surface area contributed by atoms with Gasteiger partial charge in [0, 0.05) is 24.6 Å². The van der Waals surface area contributed by atoms with E-state index < -0.39 is 5.60 Å². The monoisotopic (exact) mass is 666 g/mol. The van der Waals surface area contributed by atoms with Crippen LogP contribution in [0.2, 0.25) is 0 Å². The van der Waals surface area contributed by atoms with Gasteiger partial charge in [0.2, 0.25) is 0 Å². The van der Waals surface area contributed by atoms with Crippen LogP contribution >= 0.6 is 0 Å². The number of benzene rings is 3. The normalized spacial score (nSPS) is 21.2. The van der Waals surface area contributed by atoms with Crippen LogP contribution in [0.4, 0.5) is 10.5 Å². The summed E-state index contributed by atoms with van der Waals surface area (Å²) < 4.78 is 5.77. The second-order valence-electron chi connectivity index (χ2n) is 16.7. The molecular formula is C44H50N4O2. The largest absolute Gasteiger partial charge is 0.444 e. The molecule has 3 aromatic carbocycles. The summed E-state index contributed by atoms with van der Waals surface area (Å²) in [7, 11) is 0. The van der Waals surface area contributed by atoms with Gasteiger partial charge in [0.05, 0.1) is 23.6 Å². The summed E-state index contributed by atoms with van der Waals surface area (Å²) in [5.41, 5.74) is 14.1. The Hall–Kier alpha value is -4.19. The van der Waals surface area contributed by atoms with Gasteiger partial charge in [0.25, 0.3) is 0 Å². The molecule has 1 unspecified atom stereocenters. The minimum Gasteiger partial charge on any atom is -0.444 e. The van der Waals surface area contributed by atoms with E-state index in [9.17, 15) is 4.79 Å². The Kier molecular flexibility index (Phi) is 7.78. The van der Waals surface area contributed by atoms with Crippen molar-refractivity contribution in [3.05, 3.63) is 83.3 Å². The highest BCUT2D eigenvalue weighted by Crippen LogP contribution is 2.55. The molecule has 1 spiro atoms. The molecule has 4 aromatic rings. The molecule has 3 fully saturated rings. The molecule has 3 heterocycles. The molecule has 3 aliphatic carbocycles. The standard InChI is InChI=1S/C44H50N4O2/c1-43(2,3)50-42(49)48-24-8-11-39(48)37-26-32-25-31(16-19-36(32)46-37)34-18-17-33(35-20-23-44(40(34)35)21-6-7-22-44)28-12-14-29(15-13-28)38-27-45-41(47-38)30-9-4-5-10-30/h12-19,25,27,30,39H,4-11,20-24,26H2,1-3H3,(H,45,47). The number of imidazole rings is 1. The number of rotatable bonds is 5. The average molecular weight is 667 g/mol. The lowest BCUT2D eigenvalue weighted by atomic mass is 9.76. The summed E-state index contributed by atoms with van der Waals surface area (Å²) in [6.07, 6.45) is 17.3. The number of aromatic nitrogens is 2. The van der Waals surface area contributed by atoms with Crippen LogP contribution in [0.25, 0.3) is 33.5 Å². The number of nitrogens with one attached hydrogen (secondary N) is 1. The van der Waals surface area contributed by atoms with Crippen LogP contribution in [0.1, 0.15) is 120 Å². The van der Waals surface area contributed by atoms with E-state index in [4.69, 9.17) is 14.7 Å². The van der Waals surface area contributed by atoms with E-state index >= 15 is 0 Å². The van der Waals surface area contributed by atoms with Crippen molar-refractivity contribution in [3.8, 4) is 33.5 Å². The fourth-order valence-electron chi connectivity index (χ4n) is 10.0. The number of H-pyrrole nitrogens is 1. The number of hydrogen-bond acceptors (Lipinski definition) is 4. The zero-order valence-electron chi connectivity index (χ0n) is 30.0. The van der Waals surface area contributed by atoms with Gasteiger partial charge >= 0.3 is 6.09 Å². The minimum absolute atomic E-state index is 0.0139. The number of hydrogen-bond donors (Lipinski definition) is 1. The lowest BCUT2D eigenvalue weighted by molar-refractivity contribution is 0.0265. The van der Waals surface area contributed by atoms with E-state index in [1.807, 2.05) is 31.9 Å². The summed E-state index contributed by atoms with van der Waals surface area (Å²) in [5.74, 6) is 1.75. The number of aliphatic imine (C=N–C) groups is 1. The third-order valence-corrected chi connectivity index (χ3v) is 12.4. The van der Waals surface area contributed by atoms with Gasteiger partial charge < -0.3 is 9.72 Å². The van der Waals surface area contributed by atoms with E-state index in [0.717, 1.165) is 55.1 Å². The maximum atomic E-state index is 13.1. The van der Waals surface area contributed by atoms with E-state index in [2.05, 4.69) is 59.6 Å². The molecule has 1 aromatic heterocycles. The SMILES string of the molecule is CC(C)(C)OC(=O)N1CCCC1C1=Nc2ccc(-c3ccc(-c4ccc(-c5cnc(C6CCCC6)[nH]5)cc4)c4c3C3(CCCC3)CC4)cc2C1. The van der Waals surface area contributed by atoms with Gasteiger partial charge in [-0.25, -0.2) is 9.78 Å². The second kappa shape index (κ2) is 12.2. The Bertz CT molecular complexity index is 1970. The van der Waals surface area contributed by atoms with Crippen LogP contribution in [0.3, 0.4) is 0 Å². The number of aromatic amines is 1. The number of carbonyl (C=O) groups excluding carboxylic acids is 1. The lowest BCUT2D eigenvalue weighted by Crippen LogP contribution is -2.43. The predicted octanol–water partition coefficient (Wildman–Crippen LogP) is 10.9. The van der Waals surface area contributed by atoms with Crippen LogP contribution in [-0.4, -0.2) is 44.9 Å². The zero-order chi connectivity index (χ0) is 34.0. The number of ether oxygens (including phenoxy) is 1. The maximum absolute atomic E-state index is 13.1. The lowest BCUT2D eigenvalue weighted by Gasteiger charge is -2.28. The highest BCUT2D eigenvalue weighted by atomic mass is 16.6. The van der Waals surface area contributed by atoms with Crippen molar-refractivity contribution >= 4 is 17.5 Å². The Morgan fingerprint density at radius 3 is 2.38 bits per heavy atom. The molecule has 1 atom stereocenters. The summed E-state index contributed by atoms with van der Waals surface area (Å²) >= 11 is 0. The van der Waals surface area contributed by atoms with Gasteiger partial charge in [-0.2, -0.15) is 0 Å². The summed E-state index contributed by atoms with van der Waals surface area (Å²) in [6, 6.07) is 20.9. The third kappa shape index (κ3) is 5.59. The molecule has 2 aliphatic heterocycles. The second-order valence-corrected chi connectivity index (χ2v) is 16.7. The molecule has 1 amide bonds. The van der Waals surface area contributed by atoms with Crippen molar-refractivity contribution in [1.29, 1.82) is 0 Å². The molecule has 0 bridgehead atoms. The molecule has 0 radical (unpaired) electrons. The van der Waals surface area contributed by atoms with E-state index in [-0.39, 0.29) is 17.6 Å². The Labute approximate surface area is 296 Å². The number of carbonyl (C=O) groups is 1. The van der Waals surface area contributed by atoms with Crippen molar-refractivity contribution < 1.29 is 9.53 Å². The van der Waals surface area contributed by atoms with E-state index in [1.54, 1.807) is 11.1 Å². The summed E-state index contributed by atoms with van der Waals surface area (Å²) in [6.45, 7) is 6.53. The Morgan fingerprint density at radius 2 is 1.60 bits per heavy atom. The van der Waals surface area contributed by atoms with Gasteiger partial charge in [-0.1, -0.05) is 68.1 Å². The van der Waals surface area contributed by atoms with Gasteiger partial charge in [-0.05, 0) is 134 Å². The number of likely N-dealkylation sites (tertiary alicyclic amines) is 1. The molecular weight excluding hydrogens is 617 g/mol. The highest BCUT2D eigenvalue weighted by Gasteiger charge is 2.44. The van der Waals surface area contributed by atoms with Gasteiger partial charge in [0.1, 0.15) is 11.4 Å². The minimum atomic E-state index is -0.506. The van der Waals surface area contributed by atoms with E-state index in [1.165, 1.54) is 91.2 Å². The first-order valence-electron chi connectivity index (χ1n) is 19.3. The van der Waals surface area contributed by atoms with Crippen molar-refractivity contribution in [3.63, 3.8) is 0 Å². The molecule has 50 heavy (non-hydrogen) atoms. The quantitative estimate of drug-likeness (QED) is 0.230. The van der Waals surface area contributed by atoms with Crippen molar-refractivity contribution in [2.75, 3.05) is 6.54 Å². The van der Waals surface area contributed by atoms with Crippen LogP contribution in [0.15, 0.2) is 65.8 Å². The molecule has 6 heteroatoms. The van der Waals surface area contributed by atoms with Crippen LogP contribution in [0, 0.1) is 0 Å². The third-order valence-electron chi connectivity index (χ3n) is 12.4. The van der Waals surface area contributed by atoms with Crippen molar-refractivity contribution in [2.45, 2.75) is 127 Å². The van der Waals surface area contributed by atoms with Gasteiger partial charge in [-0.3, -0.25) is 9.89 Å². The first-order valence-corrected chi connectivity index (χ1v) is 19.3. The van der Waals surface area contributed by atoms with Crippen molar-refractivity contribution in [2.24, 2.45) is 4.99 Å². The first kappa shape index (κ1) is 31.8. The molecule has 258 valence electrons. The van der Waals surface area contributed by atoms with Gasteiger partial charge in [-0.15, -0.1) is 0 Å². The summed E-state index contributed by atoms with van der Waals surface area (Å²) in [5, 5.41) is 0.